The molecule has 1 aliphatic heterocycles. The van der Waals surface area contributed by atoms with Gasteiger partial charge in [0.05, 0.1) is 0 Å². The number of anilines is 1. The molecule has 128 valence electrons. The Morgan fingerprint density at radius 1 is 1.12 bits per heavy atom. The van der Waals surface area contributed by atoms with Gasteiger partial charge in [0.25, 0.3) is 0 Å². The molecule has 2 aromatic rings. The van der Waals surface area contributed by atoms with Gasteiger partial charge in [-0.05, 0) is 11.0 Å². The van der Waals surface area contributed by atoms with Crippen molar-refractivity contribution in [2.45, 2.75) is 32.6 Å². The smallest absolute Gasteiger partial charge is 0.318 e. The number of hydrogen-bond donors (Lipinski definition) is 0. The number of hydrogen-bond acceptors (Lipinski definition) is 5. The second kappa shape index (κ2) is 6.63. The highest BCUT2D eigenvalue weighted by molar-refractivity contribution is 5.78. The van der Waals surface area contributed by atoms with Crippen molar-refractivity contribution >= 4 is 11.9 Å². The van der Waals surface area contributed by atoms with Crippen molar-refractivity contribution in [2.75, 3.05) is 31.1 Å². The Labute approximate surface area is 142 Å². The first-order chi connectivity index (χ1) is 11.5. The molecule has 0 N–H and O–H groups in total. The van der Waals surface area contributed by atoms with Crippen molar-refractivity contribution < 1.29 is 9.21 Å². The zero-order chi connectivity index (χ0) is 17.2. The van der Waals surface area contributed by atoms with E-state index in [1.54, 1.807) is 6.92 Å². The summed E-state index contributed by atoms with van der Waals surface area (Å²) in [5.41, 5.74) is 1.03. The number of nitrogens with zero attached hydrogens (tertiary/aromatic N) is 4. The second-order valence-corrected chi connectivity index (χ2v) is 6.90. The van der Waals surface area contributed by atoms with Gasteiger partial charge < -0.3 is 14.2 Å². The topological polar surface area (TPSA) is 62.5 Å². The van der Waals surface area contributed by atoms with Crippen LogP contribution in [0.3, 0.4) is 0 Å². The third-order valence-corrected chi connectivity index (χ3v) is 4.57. The summed E-state index contributed by atoms with van der Waals surface area (Å²) in [6.45, 7) is 8.84. The lowest BCUT2D eigenvalue weighted by molar-refractivity contribution is -0.132. The summed E-state index contributed by atoms with van der Waals surface area (Å²) in [7, 11) is 0. The molecule has 1 fully saturated rings. The lowest BCUT2D eigenvalue weighted by atomic mass is 9.81. The van der Waals surface area contributed by atoms with Crippen LogP contribution >= 0.6 is 0 Å². The van der Waals surface area contributed by atoms with E-state index in [1.165, 1.54) is 5.56 Å². The lowest BCUT2D eigenvalue weighted by Gasteiger charge is -2.35. The van der Waals surface area contributed by atoms with Gasteiger partial charge in [0.2, 0.25) is 11.8 Å². The maximum atomic E-state index is 12.7. The third-order valence-electron chi connectivity index (χ3n) is 4.57. The predicted octanol–water partition coefficient (Wildman–Crippen LogP) is 2.39. The molecule has 0 aliphatic carbocycles. The average Bonchev–Trinajstić information content (AvgIpc) is 3.02. The largest absolute Gasteiger partial charge is 0.408 e. The van der Waals surface area contributed by atoms with Crippen molar-refractivity contribution in [3.05, 3.63) is 41.8 Å². The lowest BCUT2D eigenvalue weighted by Crippen LogP contribution is -2.49. The van der Waals surface area contributed by atoms with Crippen LogP contribution in [0.4, 0.5) is 6.01 Å². The second-order valence-electron chi connectivity index (χ2n) is 6.90. The highest BCUT2D eigenvalue weighted by Gasteiger charge is 2.29. The normalized spacial score (nSPS) is 15.6. The fourth-order valence-electron chi connectivity index (χ4n) is 3.04. The molecule has 0 radical (unpaired) electrons. The van der Waals surface area contributed by atoms with Crippen LogP contribution in [0.1, 0.15) is 31.7 Å². The van der Waals surface area contributed by atoms with Crippen LogP contribution in [0, 0.1) is 6.92 Å². The summed E-state index contributed by atoms with van der Waals surface area (Å²) in [6, 6.07) is 10.8. The van der Waals surface area contributed by atoms with E-state index < -0.39 is 0 Å². The minimum atomic E-state index is -0.168. The molecule has 0 saturated carbocycles. The molecular formula is C18H24N4O2. The van der Waals surface area contributed by atoms with Gasteiger partial charge in [-0.2, -0.15) is 0 Å². The Morgan fingerprint density at radius 3 is 2.38 bits per heavy atom. The summed E-state index contributed by atoms with van der Waals surface area (Å²) >= 11 is 0. The van der Waals surface area contributed by atoms with E-state index in [9.17, 15) is 4.79 Å². The highest BCUT2D eigenvalue weighted by atomic mass is 16.4. The molecule has 0 spiro atoms. The van der Waals surface area contributed by atoms with Gasteiger partial charge in [0.15, 0.2) is 0 Å². The molecule has 0 bridgehead atoms. The molecule has 6 heteroatoms. The Morgan fingerprint density at radius 2 is 1.79 bits per heavy atom. The van der Waals surface area contributed by atoms with E-state index in [2.05, 4.69) is 36.2 Å². The van der Waals surface area contributed by atoms with Crippen molar-refractivity contribution in [1.82, 2.24) is 15.1 Å². The maximum Gasteiger partial charge on any atom is 0.318 e. The molecular weight excluding hydrogens is 304 g/mol. The molecule has 3 rings (SSSR count). The molecule has 1 saturated heterocycles. The van der Waals surface area contributed by atoms with Gasteiger partial charge in [-0.15, -0.1) is 5.10 Å². The van der Waals surface area contributed by atoms with Crippen LogP contribution in [0.5, 0.6) is 0 Å². The summed E-state index contributed by atoms with van der Waals surface area (Å²) in [6.07, 6.45) is 0.511. The highest BCUT2D eigenvalue weighted by Crippen LogP contribution is 2.28. The number of aryl methyl sites for hydroxylation is 1. The number of carbonyl (C=O) groups excluding carboxylic acids is 1. The van der Waals surface area contributed by atoms with Gasteiger partial charge in [0.1, 0.15) is 0 Å². The Hall–Kier alpha value is -2.37. The predicted molar refractivity (Wildman–Crippen MR) is 91.9 cm³/mol. The van der Waals surface area contributed by atoms with Crippen LogP contribution in [0.25, 0.3) is 0 Å². The monoisotopic (exact) mass is 328 g/mol. The van der Waals surface area contributed by atoms with E-state index in [-0.39, 0.29) is 11.3 Å². The van der Waals surface area contributed by atoms with Crippen LogP contribution in [0.2, 0.25) is 0 Å². The van der Waals surface area contributed by atoms with E-state index in [1.807, 2.05) is 28.0 Å². The number of rotatable bonds is 4. The molecule has 2 heterocycles. The average molecular weight is 328 g/mol. The van der Waals surface area contributed by atoms with E-state index >= 15 is 0 Å². The van der Waals surface area contributed by atoms with Crippen LogP contribution < -0.4 is 4.90 Å². The number of piperazine rings is 1. The van der Waals surface area contributed by atoms with Crippen LogP contribution in [-0.2, 0) is 10.2 Å². The van der Waals surface area contributed by atoms with Crippen molar-refractivity contribution in [3.8, 4) is 0 Å². The molecule has 6 nitrogen and oxygen atoms in total. The summed E-state index contributed by atoms with van der Waals surface area (Å²) < 4.78 is 5.46. The van der Waals surface area contributed by atoms with Crippen molar-refractivity contribution in [1.29, 1.82) is 0 Å². The first-order valence-corrected chi connectivity index (χ1v) is 8.34. The zero-order valence-corrected chi connectivity index (χ0v) is 14.5. The first kappa shape index (κ1) is 16.5. The summed E-state index contributed by atoms with van der Waals surface area (Å²) in [5.74, 6) is 0.762. The fourth-order valence-corrected chi connectivity index (χ4v) is 3.04. The molecule has 1 aromatic carbocycles. The molecule has 24 heavy (non-hydrogen) atoms. The van der Waals surface area contributed by atoms with Crippen molar-refractivity contribution in [3.63, 3.8) is 0 Å². The summed E-state index contributed by atoms with van der Waals surface area (Å²) in [4.78, 5) is 16.7. The van der Waals surface area contributed by atoms with Gasteiger partial charge in [-0.3, -0.25) is 4.79 Å². The van der Waals surface area contributed by atoms with E-state index in [0.717, 1.165) is 13.1 Å². The molecule has 0 unspecified atom stereocenters. The van der Waals surface area contributed by atoms with E-state index in [4.69, 9.17) is 4.42 Å². The van der Waals surface area contributed by atoms with Gasteiger partial charge in [-0.1, -0.05) is 49.3 Å². The Balaban J connectivity index is 1.57. The van der Waals surface area contributed by atoms with E-state index in [0.29, 0.717) is 31.4 Å². The molecule has 1 aliphatic rings. The quantitative estimate of drug-likeness (QED) is 0.862. The van der Waals surface area contributed by atoms with Crippen LogP contribution in [0.15, 0.2) is 34.7 Å². The Bertz CT molecular complexity index is 688. The standard InChI is InChI=1S/C18H24N4O2/c1-14-19-20-17(24-14)22-11-9-21(10-12-22)16(23)13-18(2,3)15-7-5-4-6-8-15/h4-8H,9-13H2,1-3H3. The van der Waals surface area contributed by atoms with Gasteiger partial charge in [0, 0.05) is 39.5 Å². The first-order valence-electron chi connectivity index (χ1n) is 8.34. The number of benzene rings is 1. The van der Waals surface area contributed by atoms with Gasteiger partial charge in [-0.25, -0.2) is 0 Å². The summed E-state index contributed by atoms with van der Waals surface area (Å²) in [5, 5.41) is 7.90. The molecule has 0 atom stereocenters. The Kier molecular flexibility index (Phi) is 4.55. The van der Waals surface area contributed by atoms with Gasteiger partial charge >= 0.3 is 6.01 Å². The van der Waals surface area contributed by atoms with Crippen LogP contribution in [-0.4, -0.2) is 47.2 Å². The zero-order valence-electron chi connectivity index (χ0n) is 14.5. The molecule has 1 aromatic heterocycles. The number of aromatic nitrogens is 2. The SMILES string of the molecule is Cc1nnc(N2CCN(C(=O)CC(C)(C)c3ccccc3)CC2)o1. The number of carbonyl (C=O) groups is 1. The minimum Gasteiger partial charge on any atom is -0.408 e. The fraction of sp³-hybridized carbons (Fsp3) is 0.500. The minimum absolute atomic E-state index is 0.168. The third kappa shape index (κ3) is 3.58. The molecule has 1 amide bonds. The maximum absolute atomic E-state index is 12.7. The number of amides is 1. The van der Waals surface area contributed by atoms with Crippen molar-refractivity contribution in [2.24, 2.45) is 0 Å².